The van der Waals surface area contributed by atoms with Gasteiger partial charge >= 0.3 is 0 Å². The topological polar surface area (TPSA) is 26.0 Å². The SMILES string of the molecule is C=CC(N)CC1CC(=C)CC1=C. The van der Waals surface area contributed by atoms with Gasteiger partial charge in [-0.05, 0) is 25.2 Å². The number of hydrogen-bond donors (Lipinski definition) is 1. The average Bonchev–Trinajstić information content (AvgIpc) is 2.30. The van der Waals surface area contributed by atoms with Crippen LogP contribution in [0.5, 0.6) is 0 Å². The van der Waals surface area contributed by atoms with Crippen molar-refractivity contribution in [1.82, 2.24) is 0 Å². The Hall–Kier alpha value is -0.820. The molecule has 0 amide bonds. The van der Waals surface area contributed by atoms with Crippen molar-refractivity contribution < 1.29 is 0 Å². The second-order valence-corrected chi connectivity index (χ2v) is 3.62. The summed E-state index contributed by atoms with van der Waals surface area (Å²) in [5, 5.41) is 0. The maximum absolute atomic E-state index is 5.77. The maximum atomic E-state index is 5.77. The molecule has 0 aliphatic heterocycles. The van der Waals surface area contributed by atoms with Crippen molar-refractivity contribution in [3.8, 4) is 0 Å². The van der Waals surface area contributed by atoms with Crippen LogP contribution in [0.15, 0.2) is 37.0 Å². The van der Waals surface area contributed by atoms with E-state index in [0.29, 0.717) is 5.92 Å². The summed E-state index contributed by atoms with van der Waals surface area (Å²) in [5.41, 5.74) is 8.35. The van der Waals surface area contributed by atoms with Gasteiger partial charge in [0.05, 0.1) is 0 Å². The molecule has 2 unspecified atom stereocenters. The van der Waals surface area contributed by atoms with Gasteiger partial charge in [-0.1, -0.05) is 30.4 Å². The van der Waals surface area contributed by atoms with Crippen LogP contribution < -0.4 is 5.73 Å². The molecule has 2 atom stereocenters. The van der Waals surface area contributed by atoms with Gasteiger partial charge in [0, 0.05) is 6.04 Å². The van der Waals surface area contributed by atoms with Crippen LogP contribution in [0.25, 0.3) is 0 Å². The molecule has 1 heteroatoms. The molecule has 2 N–H and O–H groups in total. The minimum absolute atomic E-state index is 0.109. The van der Waals surface area contributed by atoms with E-state index < -0.39 is 0 Å². The van der Waals surface area contributed by atoms with E-state index in [4.69, 9.17) is 5.73 Å². The third kappa shape index (κ3) is 2.08. The van der Waals surface area contributed by atoms with Crippen molar-refractivity contribution in [3.63, 3.8) is 0 Å². The molecule has 0 bridgehead atoms. The highest BCUT2D eigenvalue weighted by molar-refractivity contribution is 5.22. The van der Waals surface area contributed by atoms with Crippen LogP contribution in [0.4, 0.5) is 0 Å². The van der Waals surface area contributed by atoms with E-state index in [1.165, 1.54) is 11.1 Å². The molecule has 0 saturated heterocycles. The van der Waals surface area contributed by atoms with E-state index in [9.17, 15) is 0 Å². The van der Waals surface area contributed by atoms with Crippen LogP contribution in [0.2, 0.25) is 0 Å². The van der Waals surface area contributed by atoms with E-state index in [1.807, 2.05) is 0 Å². The summed E-state index contributed by atoms with van der Waals surface area (Å²) in [4.78, 5) is 0. The van der Waals surface area contributed by atoms with Gasteiger partial charge in [0.15, 0.2) is 0 Å². The Morgan fingerprint density at radius 2 is 2.25 bits per heavy atom. The molecule has 1 aliphatic carbocycles. The second kappa shape index (κ2) is 3.72. The average molecular weight is 163 g/mol. The molecule has 12 heavy (non-hydrogen) atoms. The van der Waals surface area contributed by atoms with Crippen LogP contribution in [0.3, 0.4) is 0 Å². The third-order valence-electron chi connectivity index (χ3n) is 2.45. The molecule has 0 aromatic rings. The summed E-state index contributed by atoms with van der Waals surface area (Å²) in [6, 6.07) is 0.109. The van der Waals surface area contributed by atoms with E-state index in [-0.39, 0.29) is 6.04 Å². The largest absolute Gasteiger partial charge is 0.324 e. The van der Waals surface area contributed by atoms with Crippen molar-refractivity contribution in [1.29, 1.82) is 0 Å². The zero-order chi connectivity index (χ0) is 9.14. The standard InChI is InChI=1S/C11H17N/c1-4-11(12)7-10-6-8(2)5-9(10)3/h4,10-11H,1-3,5-7,12H2. The number of nitrogens with two attached hydrogens (primary N) is 1. The minimum atomic E-state index is 0.109. The zero-order valence-corrected chi connectivity index (χ0v) is 7.55. The molecule has 0 aromatic carbocycles. The fourth-order valence-corrected chi connectivity index (χ4v) is 1.71. The van der Waals surface area contributed by atoms with Gasteiger partial charge in [0.2, 0.25) is 0 Å². The fraction of sp³-hybridized carbons (Fsp3) is 0.455. The van der Waals surface area contributed by atoms with Crippen LogP contribution >= 0.6 is 0 Å². The Bertz CT molecular complexity index is 215. The predicted molar refractivity (Wildman–Crippen MR) is 53.8 cm³/mol. The van der Waals surface area contributed by atoms with E-state index in [2.05, 4.69) is 19.7 Å². The Balaban J connectivity index is 2.48. The molecular weight excluding hydrogens is 146 g/mol. The maximum Gasteiger partial charge on any atom is 0.0226 e. The van der Waals surface area contributed by atoms with Crippen molar-refractivity contribution in [3.05, 3.63) is 37.0 Å². The molecule has 1 fully saturated rings. The zero-order valence-electron chi connectivity index (χ0n) is 7.55. The monoisotopic (exact) mass is 163 g/mol. The summed E-state index contributed by atoms with van der Waals surface area (Å²) < 4.78 is 0. The van der Waals surface area contributed by atoms with Crippen LogP contribution in [0.1, 0.15) is 19.3 Å². The predicted octanol–water partition coefficient (Wildman–Crippen LogP) is 2.41. The number of rotatable bonds is 3. The van der Waals surface area contributed by atoms with Crippen LogP contribution in [-0.4, -0.2) is 6.04 Å². The molecule has 0 heterocycles. The fourth-order valence-electron chi connectivity index (χ4n) is 1.71. The van der Waals surface area contributed by atoms with Crippen molar-refractivity contribution >= 4 is 0 Å². The number of allylic oxidation sites excluding steroid dienone is 2. The van der Waals surface area contributed by atoms with E-state index in [0.717, 1.165) is 19.3 Å². The number of hydrogen-bond acceptors (Lipinski definition) is 1. The smallest absolute Gasteiger partial charge is 0.0226 e. The summed E-state index contributed by atoms with van der Waals surface area (Å²) in [7, 11) is 0. The van der Waals surface area contributed by atoms with Gasteiger partial charge in [-0.3, -0.25) is 0 Å². The summed E-state index contributed by atoms with van der Waals surface area (Å²) in [6.07, 6.45) is 4.84. The summed E-state index contributed by atoms with van der Waals surface area (Å²) in [6.45, 7) is 11.7. The molecular formula is C11H17N. The molecule has 1 nitrogen and oxygen atoms in total. The highest BCUT2D eigenvalue weighted by Gasteiger charge is 2.22. The lowest BCUT2D eigenvalue weighted by molar-refractivity contribution is 0.554. The molecule has 0 spiro atoms. The first kappa shape index (κ1) is 9.27. The Morgan fingerprint density at radius 3 is 2.67 bits per heavy atom. The Morgan fingerprint density at radius 1 is 1.58 bits per heavy atom. The molecule has 1 aliphatic rings. The van der Waals surface area contributed by atoms with Crippen molar-refractivity contribution in [2.75, 3.05) is 0 Å². The minimum Gasteiger partial charge on any atom is -0.324 e. The van der Waals surface area contributed by atoms with Gasteiger partial charge in [-0.25, -0.2) is 0 Å². The van der Waals surface area contributed by atoms with E-state index in [1.54, 1.807) is 6.08 Å². The van der Waals surface area contributed by atoms with Crippen LogP contribution in [-0.2, 0) is 0 Å². The first-order valence-corrected chi connectivity index (χ1v) is 4.36. The summed E-state index contributed by atoms with van der Waals surface area (Å²) in [5.74, 6) is 0.547. The van der Waals surface area contributed by atoms with Crippen molar-refractivity contribution in [2.45, 2.75) is 25.3 Å². The van der Waals surface area contributed by atoms with Crippen LogP contribution in [0, 0.1) is 5.92 Å². The van der Waals surface area contributed by atoms with Gasteiger partial charge in [-0.2, -0.15) is 0 Å². The highest BCUT2D eigenvalue weighted by Crippen LogP contribution is 2.35. The van der Waals surface area contributed by atoms with Gasteiger partial charge < -0.3 is 5.73 Å². The van der Waals surface area contributed by atoms with Gasteiger partial charge in [0.25, 0.3) is 0 Å². The lowest BCUT2D eigenvalue weighted by Crippen LogP contribution is -2.20. The lowest BCUT2D eigenvalue weighted by Gasteiger charge is -2.13. The first-order valence-electron chi connectivity index (χ1n) is 4.36. The Labute approximate surface area is 74.7 Å². The lowest BCUT2D eigenvalue weighted by atomic mass is 9.96. The molecule has 66 valence electrons. The normalized spacial score (nSPS) is 25.9. The van der Waals surface area contributed by atoms with E-state index >= 15 is 0 Å². The molecule has 0 radical (unpaired) electrons. The second-order valence-electron chi connectivity index (χ2n) is 3.62. The third-order valence-corrected chi connectivity index (χ3v) is 2.45. The van der Waals surface area contributed by atoms with Gasteiger partial charge in [0.1, 0.15) is 0 Å². The highest BCUT2D eigenvalue weighted by atomic mass is 14.6. The summed E-state index contributed by atoms with van der Waals surface area (Å²) >= 11 is 0. The van der Waals surface area contributed by atoms with Gasteiger partial charge in [-0.15, -0.1) is 6.58 Å². The molecule has 0 aromatic heterocycles. The molecule has 1 rings (SSSR count). The Kier molecular flexibility index (Phi) is 2.88. The molecule has 1 saturated carbocycles. The quantitative estimate of drug-likeness (QED) is 0.635. The first-order chi connectivity index (χ1) is 5.63. The van der Waals surface area contributed by atoms with Crippen molar-refractivity contribution in [2.24, 2.45) is 11.7 Å².